The maximum Gasteiger partial charge on any atom is 0.417 e. The van der Waals surface area contributed by atoms with Crippen LogP contribution in [0.5, 0.6) is 0 Å². The van der Waals surface area contributed by atoms with Gasteiger partial charge in [0.25, 0.3) is 5.56 Å². The van der Waals surface area contributed by atoms with Crippen LogP contribution < -0.4 is 16.2 Å². The largest absolute Gasteiger partial charge is 0.417 e. The van der Waals surface area contributed by atoms with Crippen molar-refractivity contribution >= 4 is 11.6 Å². The van der Waals surface area contributed by atoms with Crippen molar-refractivity contribution in [3.63, 3.8) is 0 Å². The highest BCUT2D eigenvalue weighted by atomic mass is 19.4. The lowest BCUT2D eigenvalue weighted by Crippen LogP contribution is -2.15. The van der Waals surface area contributed by atoms with Crippen molar-refractivity contribution in [1.82, 2.24) is 19.9 Å². The molecule has 0 saturated heterocycles. The molecule has 29 heavy (non-hydrogen) atoms. The fraction of sp³-hybridized carbons (Fsp3) is 0.263. The third kappa shape index (κ3) is 5.53. The Morgan fingerprint density at radius 2 is 1.66 bits per heavy atom. The number of hydrogen-bond donors (Lipinski definition) is 3. The molecule has 0 radical (unpaired) electrons. The first-order valence-electron chi connectivity index (χ1n) is 8.93. The van der Waals surface area contributed by atoms with Gasteiger partial charge in [0, 0.05) is 42.8 Å². The van der Waals surface area contributed by atoms with Crippen LogP contribution in [-0.2, 0) is 12.6 Å². The smallest absolute Gasteiger partial charge is 0.368 e. The fourth-order valence-electron chi connectivity index (χ4n) is 2.51. The molecule has 0 aliphatic carbocycles. The van der Waals surface area contributed by atoms with Crippen molar-refractivity contribution in [2.75, 3.05) is 23.7 Å². The first-order chi connectivity index (χ1) is 13.8. The van der Waals surface area contributed by atoms with E-state index in [1.165, 1.54) is 12.1 Å². The minimum absolute atomic E-state index is 0.211. The topological polar surface area (TPSA) is 95.6 Å². The van der Waals surface area contributed by atoms with Crippen molar-refractivity contribution in [1.29, 1.82) is 0 Å². The Balaban J connectivity index is 1.52. The van der Waals surface area contributed by atoms with Crippen LogP contribution in [0.3, 0.4) is 0 Å². The summed E-state index contributed by atoms with van der Waals surface area (Å²) in [7, 11) is 0. The Kier molecular flexibility index (Phi) is 6.10. The van der Waals surface area contributed by atoms with Gasteiger partial charge in [-0.3, -0.25) is 4.79 Å². The van der Waals surface area contributed by atoms with Crippen LogP contribution in [0.2, 0.25) is 0 Å². The number of hydrogen-bond acceptors (Lipinski definition) is 6. The number of H-pyrrole nitrogens is 1. The van der Waals surface area contributed by atoms with E-state index in [-0.39, 0.29) is 5.56 Å². The van der Waals surface area contributed by atoms with E-state index in [2.05, 4.69) is 30.6 Å². The van der Waals surface area contributed by atoms with Crippen LogP contribution >= 0.6 is 0 Å². The van der Waals surface area contributed by atoms with Gasteiger partial charge in [0.15, 0.2) is 0 Å². The molecule has 0 aliphatic heterocycles. The number of aromatic amines is 1. The van der Waals surface area contributed by atoms with Gasteiger partial charge >= 0.3 is 6.18 Å². The highest BCUT2D eigenvalue weighted by Gasteiger charge is 2.30. The zero-order valence-electron chi connectivity index (χ0n) is 15.5. The summed E-state index contributed by atoms with van der Waals surface area (Å²) < 4.78 is 37.5. The summed E-state index contributed by atoms with van der Waals surface area (Å²) in [6, 6.07) is 7.27. The minimum Gasteiger partial charge on any atom is -0.368 e. The van der Waals surface area contributed by atoms with Crippen molar-refractivity contribution in [2.45, 2.75) is 19.5 Å². The van der Waals surface area contributed by atoms with E-state index in [0.29, 0.717) is 48.2 Å². The molecule has 0 saturated carbocycles. The Labute approximate surface area is 164 Å². The zero-order chi connectivity index (χ0) is 20.9. The van der Waals surface area contributed by atoms with Gasteiger partial charge in [-0.1, -0.05) is 6.92 Å². The molecule has 10 heteroatoms. The number of pyridine rings is 2. The molecule has 0 unspecified atom stereocenters. The number of anilines is 2. The second kappa shape index (κ2) is 8.72. The summed E-state index contributed by atoms with van der Waals surface area (Å²) in [6.45, 7) is 2.84. The molecule has 0 fully saturated rings. The van der Waals surface area contributed by atoms with Crippen LogP contribution in [0.25, 0.3) is 11.4 Å². The summed E-state index contributed by atoms with van der Waals surface area (Å²) in [4.78, 5) is 26.8. The van der Waals surface area contributed by atoms with Gasteiger partial charge < -0.3 is 15.6 Å². The molecular weight excluding hydrogens is 385 g/mol. The monoisotopic (exact) mass is 404 g/mol. The van der Waals surface area contributed by atoms with Gasteiger partial charge in [-0.15, -0.1) is 0 Å². The second-order valence-corrected chi connectivity index (χ2v) is 6.15. The van der Waals surface area contributed by atoms with E-state index >= 15 is 0 Å². The standard InChI is InChI=1S/C19H19F3N6O/c1-2-14-9-17(29)28-18(27-14)12-3-5-15(25-10-12)23-7-8-24-16-6-4-13(11-26-16)19(20,21)22/h3-6,9-11H,2,7-8H2,1H3,(H,23,25)(H,24,26)(H,27,28,29). The molecule has 3 heterocycles. The summed E-state index contributed by atoms with van der Waals surface area (Å²) in [5.74, 6) is 1.43. The molecule has 3 aromatic heterocycles. The predicted molar refractivity (Wildman–Crippen MR) is 104 cm³/mol. The van der Waals surface area contributed by atoms with Gasteiger partial charge in [0.1, 0.15) is 17.5 Å². The molecular formula is C19H19F3N6O. The first kappa shape index (κ1) is 20.3. The van der Waals surface area contributed by atoms with Gasteiger partial charge in [-0.05, 0) is 30.7 Å². The Morgan fingerprint density at radius 1 is 1.00 bits per heavy atom. The van der Waals surface area contributed by atoms with Gasteiger partial charge in [0.2, 0.25) is 0 Å². The molecule has 0 bridgehead atoms. The van der Waals surface area contributed by atoms with Crippen LogP contribution in [0.1, 0.15) is 18.2 Å². The predicted octanol–water partition coefficient (Wildman–Crippen LogP) is 3.33. The summed E-state index contributed by atoms with van der Waals surface area (Å²) in [5, 5.41) is 6.02. The number of rotatable bonds is 7. The summed E-state index contributed by atoms with van der Waals surface area (Å²) in [5.41, 5.74) is 0.395. The van der Waals surface area contributed by atoms with Gasteiger partial charge in [-0.25, -0.2) is 15.0 Å². The highest BCUT2D eigenvalue weighted by Crippen LogP contribution is 2.28. The molecule has 0 spiro atoms. The highest BCUT2D eigenvalue weighted by molar-refractivity contribution is 5.55. The number of halogens is 3. The normalized spacial score (nSPS) is 11.3. The molecule has 0 aliphatic rings. The summed E-state index contributed by atoms with van der Waals surface area (Å²) in [6.07, 6.45) is -1.34. The third-order valence-electron chi connectivity index (χ3n) is 4.02. The van der Waals surface area contributed by atoms with E-state index in [1.54, 1.807) is 18.3 Å². The third-order valence-corrected chi connectivity index (χ3v) is 4.02. The average Bonchev–Trinajstić information content (AvgIpc) is 2.71. The lowest BCUT2D eigenvalue weighted by atomic mass is 10.2. The molecule has 3 aromatic rings. The Morgan fingerprint density at radius 3 is 2.17 bits per heavy atom. The second-order valence-electron chi connectivity index (χ2n) is 6.15. The van der Waals surface area contributed by atoms with Gasteiger partial charge in [0.05, 0.1) is 5.56 Å². The fourth-order valence-corrected chi connectivity index (χ4v) is 2.51. The van der Waals surface area contributed by atoms with E-state index in [1.807, 2.05) is 6.92 Å². The number of aromatic nitrogens is 4. The number of aryl methyl sites for hydroxylation is 1. The minimum atomic E-state index is -4.40. The molecule has 152 valence electrons. The molecule has 0 amide bonds. The molecule has 7 nitrogen and oxygen atoms in total. The number of alkyl halides is 3. The van der Waals surface area contributed by atoms with Crippen LogP contribution in [0.4, 0.5) is 24.8 Å². The maximum atomic E-state index is 12.5. The maximum absolute atomic E-state index is 12.5. The quantitative estimate of drug-likeness (QED) is 0.523. The zero-order valence-corrected chi connectivity index (χ0v) is 15.5. The Bertz CT molecular complexity index is 1000. The van der Waals surface area contributed by atoms with E-state index in [9.17, 15) is 18.0 Å². The number of nitrogens with one attached hydrogen (secondary N) is 3. The molecule has 0 aromatic carbocycles. The first-order valence-corrected chi connectivity index (χ1v) is 8.93. The molecule has 0 atom stereocenters. The van der Waals surface area contributed by atoms with Crippen LogP contribution in [-0.4, -0.2) is 33.0 Å². The SMILES string of the molecule is CCc1cc(=O)[nH]c(-c2ccc(NCCNc3ccc(C(F)(F)F)cn3)nc2)n1. The van der Waals surface area contributed by atoms with Crippen molar-refractivity contribution in [3.8, 4) is 11.4 Å². The van der Waals surface area contributed by atoms with Crippen molar-refractivity contribution in [3.05, 3.63) is 64.3 Å². The lowest BCUT2D eigenvalue weighted by molar-refractivity contribution is -0.137. The molecule has 3 rings (SSSR count). The van der Waals surface area contributed by atoms with Gasteiger partial charge in [-0.2, -0.15) is 13.2 Å². The van der Waals surface area contributed by atoms with E-state index < -0.39 is 11.7 Å². The van der Waals surface area contributed by atoms with E-state index in [4.69, 9.17) is 0 Å². The lowest BCUT2D eigenvalue weighted by Gasteiger charge is -2.10. The van der Waals surface area contributed by atoms with Crippen molar-refractivity contribution in [2.24, 2.45) is 0 Å². The summed E-state index contributed by atoms with van der Waals surface area (Å²) >= 11 is 0. The van der Waals surface area contributed by atoms with Crippen LogP contribution in [0.15, 0.2) is 47.5 Å². The van der Waals surface area contributed by atoms with Crippen LogP contribution in [0, 0.1) is 0 Å². The average molecular weight is 404 g/mol. The van der Waals surface area contributed by atoms with Crippen molar-refractivity contribution < 1.29 is 13.2 Å². The molecule has 3 N–H and O–H groups in total. The Hall–Kier alpha value is -3.43. The van der Waals surface area contributed by atoms with E-state index in [0.717, 1.165) is 12.3 Å². The number of nitrogens with zero attached hydrogens (tertiary/aromatic N) is 3.